The summed E-state index contributed by atoms with van der Waals surface area (Å²) in [5.41, 5.74) is 4.14. The Balaban J connectivity index is 1.61. The van der Waals surface area contributed by atoms with Crippen molar-refractivity contribution in [3.8, 4) is 17.2 Å². The van der Waals surface area contributed by atoms with Crippen LogP contribution in [0.1, 0.15) is 25.0 Å². The van der Waals surface area contributed by atoms with Crippen LogP contribution in [0.4, 0.5) is 4.39 Å². The van der Waals surface area contributed by atoms with E-state index in [1.165, 1.54) is 18.3 Å². The van der Waals surface area contributed by atoms with E-state index in [4.69, 9.17) is 14.2 Å². The van der Waals surface area contributed by atoms with Crippen molar-refractivity contribution in [1.29, 1.82) is 0 Å². The van der Waals surface area contributed by atoms with Gasteiger partial charge in [0, 0.05) is 17.5 Å². The highest BCUT2D eigenvalue weighted by Crippen LogP contribution is 2.34. The lowest BCUT2D eigenvalue weighted by atomic mass is 10.1. The molecule has 6 nitrogen and oxygen atoms in total. The summed E-state index contributed by atoms with van der Waals surface area (Å²) in [6, 6.07) is 9.66. The van der Waals surface area contributed by atoms with Crippen LogP contribution < -0.4 is 19.6 Å². The second kappa shape index (κ2) is 8.53. The number of para-hydroxylation sites is 1. The van der Waals surface area contributed by atoms with Crippen LogP contribution in [0.25, 0.3) is 0 Å². The van der Waals surface area contributed by atoms with Gasteiger partial charge in [-0.05, 0) is 38.1 Å². The minimum absolute atomic E-state index is 0.0140. The van der Waals surface area contributed by atoms with Crippen molar-refractivity contribution in [1.82, 2.24) is 5.43 Å². The summed E-state index contributed by atoms with van der Waals surface area (Å²) in [5.74, 6) is 0.456. The summed E-state index contributed by atoms with van der Waals surface area (Å²) in [7, 11) is 0. The first-order valence-electron chi connectivity index (χ1n) is 8.72. The largest absolute Gasteiger partial charge is 0.493 e. The molecule has 1 aliphatic rings. The molecule has 0 aliphatic carbocycles. The molecule has 0 saturated heterocycles. The number of nitrogens with one attached hydrogen (secondary N) is 1. The van der Waals surface area contributed by atoms with Gasteiger partial charge in [0.1, 0.15) is 17.6 Å². The maximum Gasteiger partial charge on any atom is 0.277 e. The summed E-state index contributed by atoms with van der Waals surface area (Å²) in [6.45, 7) is 4.07. The van der Waals surface area contributed by atoms with Gasteiger partial charge >= 0.3 is 0 Å². The van der Waals surface area contributed by atoms with Crippen molar-refractivity contribution in [2.45, 2.75) is 26.4 Å². The minimum atomic E-state index is -0.525. The molecule has 1 aliphatic heterocycles. The zero-order valence-corrected chi connectivity index (χ0v) is 15.2. The zero-order chi connectivity index (χ0) is 19.2. The van der Waals surface area contributed by atoms with E-state index in [1.807, 2.05) is 26.0 Å². The van der Waals surface area contributed by atoms with Crippen LogP contribution in [0.15, 0.2) is 41.5 Å². The first-order chi connectivity index (χ1) is 13.1. The quantitative estimate of drug-likeness (QED) is 0.599. The zero-order valence-electron chi connectivity index (χ0n) is 15.2. The van der Waals surface area contributed by atoms with Gasteiger partial charge in [0.15, 0.2) is 18.2 Å². The Bertz CT molecular complexity index is 854. The van der Waals surface area contributed by atoms with Crippen LogP contribution in [-0.2, 0) is 11.2 Å². The highest BCUT2D eigenvalue weighted by Gasteiger charge is 2.21. The van der Waals surface area contributed by atoms with E-state index < -0.39 is 11.7 Å². The molecule has 1 atom stereocenters. The van der Waals surface area contributed by atoms with E-state index in [2.05, 4.69) is 10.5 Å². The molecule has 27 heavy (non-hydrogen) atoms. The van der Waals surface area contributed by atoms with Gasteiger partial charge < -0.3 is 14.2 Å². The van der Waals surface area contributed by atoms with E-state index >= 15 is 0 Å². The minimum Gasteiger partial charge on any atom is -0.493 e. The third-order valence-corrected chi connectivity index (χ3v) is 3.92. The van der Waals surface area contributed by atoms with E-state index in [0.29, 0.717) is 17.9 Å². The molecule has 2 aromatic rings. The molecule has 1 heterocycles. The highest BCUT2D eigenvalue weighted by molar-refractivity contribution is 5.86. The second-order valence-electron chi connectivity index (χ2n) is 6.08. The lowest BCUT2D eigenvalue weighted by molar-refractivity contribution is -0.123. The Labute approximate surface area is 156 Å². The van der Waals surface area contributed by atoms with Crippen molar-refractivity contribution in [2.75, 3.05) is 13.2 Å². The molecular formula is C20H21FN2O4. The smallest absolute Gasteiger partial charge is 0.277 e. The fourth-order valence-corrected chi connectivity index (χ4v) is 2.75. The van der Waals surface area contributed by atoms with Gasteiger partial charge in [0.05, 0.1) is 12.8 Å². The number of carbonyl (C=O) groups excluding carboxylic acids is 1. The highest BCUT2D eigenvalue weighted by atomic mass is 19.1. The Morgan fingerprint density at radius 2 is 2.15 bits per heavy atom. The number of halogens is 1. The molecule has 1 amide bonds. The summed E-state index contributed by atoms with van der Waals surface area (Å²) in [4.78, 5) is 11.8. The number of carbonyl (C=O) groups is 1. The third-order valence-electron chi connectivity index (χ3n) is 3.92. The first kappa shape index (κ1) is 18.7. The number of hydrogen-bond acceptors (Lipinski definition) is 5. The van der Waals surface area contributed by atoms with Gasteiger partial charge in [0.2, 0.25) is 0 Å². The first-order valence-corrected chi connectivity index (χ1v) is 8.72. The summed E-state index contributed by atoms with van der Waals surface area (Å²) < 4.78 is 30.0. The molecule has 0 saturated carbocycles. The summed E-state index contributed by atoms with van der Waals surface area (Å²) in [5, 5.41) is 3.93. The molecule has 3 rings (SSSR count). The SMILES string of the molecule is CCOc1cc2c(cc1/C=N\NC(=O)COc1ccccc1F)O[C@H](C)C2. The van der Waals surface area contributed by atoms with Crippen LogP contribution in [0.3, 0.4) is 0 Å². The molecule has 0 bridgehead atoms. The molecule has 142 valence electrons. The monoisotopic (exact) mass is 372 g/mol. The number of rotatable bonds is 7. The topological polar surface area (TPSA) is 69.2 Å². The van der Waals surface area contributed by atoms with Gasteiger partial charge in [-0.1, -0.05) is 12.1 Å². The molecule has 0 radical (unpaired) electrons. The van der Waals surface area contributed by atoms with Crippen molar-refractivity contribution in [3.05, 3.63) is 53.3 Å². The van der Waals surface area contributed by atoms with Crippen LogP contribution in [0.2, 0.25) is 0 Å². The predicted molar refractivity (Wildman–Crippen MR) is 99.0 cm³/mol. The number of hydrazone groups is 1. The average molecular weight is 372 g/mol. The molecule has 7 heteroatoms. The second-order valence-corrected chi connectivity index (χ2v) is 6.08. The van der Waals surface area contributed by atoms with Gasteiger partial charge in [0.25, 0.3) is 5.91 Å². The number of hydrogen-bond donors (Lipinski definition) is 1. The lowest BCUT2D eigenvalue weighted by Gasteiger charge is -2.09. The number of nitrogens with zero attached hydrogens (tertiary/aromatic N) is 1. The predicted octanol–water partition coefficient (Wildman–Crippen LogP) is 3.08. The standard InChI is InChI=1S/C20H21FN2O4/c1-3-25-18-9-14-8-13(2)27-19(14)10-15(18)11-22-23-20(24)12-26-17-7-5-4-6-16(17)21/h4-7,9-11,13H,3,8,12H2,1-2H3,(H,23,24)/b22-11-/t13-/m1/s1. The van der Waals surface area contributed by atoms with E-state index in [-0.39, 0.29) is 18.5 Å². The Morgan fingerprint density at radius 1 is 1.33 bits per heavy atom. The van der Waals surface area contributed by atoms with Crippen molar-refractivity contribution in [3.63, 3.8) is 0 Å². The van der Waals surface area contributed by atoms with Crippen molar-refractivity contribution in [2.24, 2.45) is 5.10 Å². The normalized spacial score (nSPS) is 15.3. The van der Waals surface area contributed by atoms with Crippen LogP contribution in [0.5, 0.6) is 17.2 Å². The lowest BCUT2D eigenvalue weighted by Crippen LogP contribution is -2.24. The van der Waals surface area contributed by atoms with Crippen LogP contribution in [-0.4, -0.2) is 31.4 Å². The molecule has 1 N–H and O–H groups in total. The van der Waals surface area contributed by atoms with Crippen LogP contribution in [0, 0.1) is 5.82 Å². The fourth-order valence-electron chi connectivity index (χ4n) is 2.75. The Kier molecular flexibility index (Phi) is 5.90. The molecule has 0 fully saturated rings. The Hall–Kier alpha value is -3.09. The molecule has 0 unspecified atom stereocenters. The number of benzene rings is 2. The molecular weight excluding hydrogens is 351 g/mol. The molecule has 0 spiro atoms. The van der Waals surface area contributed by atoms with Gasteiger partial charge in [-0.3, -0.25) is 4.79 Å². The number of amides is 1. The van der Waals surface area contributed by atoms with Gasteiger partial charge in [-0.25, -0.2) is 9.82 Å². The maximum absolute atomic E-state index is 13.5. The maximum atomic E-state index is 13.5. The fraction of sp³-hybridized carbons (Fsp3) is 0.300. The number of ether oxygens (including phenoxy) is 3. The third kappa shape index (κ3) is 4.75. The van der Waals surface area contributed by atoms with Crippen molar-refractivity contribution < 1.29 is 23.4 Å². The van der Waals surface area contributed by atoms with Gasteiger partial charge in [-0.15, -0.1) is 0 Å². The van der Waals surface area contributed by atoms with Gasteiger partial charge in [-0.2, -0.15) is 5.10 Å². The molecule has 2 aromatic carbocycles. The van der Waals surface area contributed by atoms with Crippen LogP contribution >= 0.6 is 0 Å². The average Bonchev–Trinajstić information content (AvgIpc) is 3.00. The number of fused-ring (bicyclic) bond motifs is 1. The molecule has 0 aromatic heterocycles. The Morgan fingerprint density at radius 3 is 2.93 bits per heavy atom. The van der Waals surface area contributed by atoms with E-state index in [9.17, 15) is 9.18 Å². The summed E-state index contributed by atoms with van der Waals surface area (Å²) >= 11 is 0. The van der Waals surface area contributed by atoms with E-state index in [1.54, 1.807) is 12.1 Å². The van der Waals surface area contributed by atoms with E-state index in [0.717, 1.165) is 17.7 Å². The summed E-state index contributed by atoms with van der Waals surface area (Å²) in [6.07, 6.45) is 2.44. The van der Waals surface area contributed by atoms with Crippen molar-refractivity contribution >= 4 is 12.1 Å².